The average molecular weight is 334 g/mol. The van der Waals surface area contributed by atoms with Crippen LogP contribution in [0.3, 0.4) is 0 Å². The molecule has 23 heavy (non-hydrogen) atoms. The van der Waals surface area contributed by atoms with Crippen LogP contribution in [0, 0.1) is 0 Å². The zero-order valence-electron chi connectivity index (χ0n) is 16.9. The van der Waals surface area contributed by atoms with Gasteiger partial charge in [0.2, 0.25) is 5.91 Å². The zero-order valence-corrected chi connectivity index (χ0v) is 16.9. The number of carbonyl (C=O) groups excluding carboxylic acids is 1. The normalized spacial score (nSPS) is 20.0. The summed E-state index contributed by atoms with van der Waals surface area (Å²) in [6.45, 7) is 15.5. The molecule has 0 saturated heterocycles. The van der Waals surface area contributed by atoms with Crippen LogP contribution in [0.1, 0.15) is 82.9 Å². The molecule has 1 rings (SSSR count). The van der Waals surface area contributed by atoms with Crippen molar-refractivity contribution >= 4 is 5.91 Å². The van der Waals surface area contributed by atoms with Gasteiger partial charge in [0.15, 0.2) is 0 Å². The van der Waals surface area contributed by atoms with E-state index in [4.69, 9.17) is 0 Å². The Morgan fingerprint density at radius 2 is 1.43 bits per heavy atom. The maximum Gasteiger partial charge on any atom is 0.221 e. The van der Waals surface area contributed by atoms with E-state index >= 15 is 0 Å². The monoisotopic (exact) mass is 333 g/mol. The van der Waals surface area contributed by atoms with Gasteiger partial charge < -0.3 is 15.5 Å². The number of carbonyl (C=O) groups is 1. The van der Waals surface area contributed by atoms with Gasteiger partial charge in [0.25, 0.3) is 0 Å². The Morgan fingerprint density at radius 3 is 1.83 bits per heavy atom. The topological polar surface area (TPSA) is 44.4 Å². The summed E-state index contributed by atoms with van der Waals surface area (Å²) < 4.78 is 0. The smallest absolute Gasteiger partial charge is 0.221 e. The van der Waals surface area contributed by atoms with Crippen LogP contribution in [-0.2, 0) is 4.79 Å². The van der Waals surface area contributed by atoms with Crippen molar-refractivity contribution < 1.29 is 7.65 Å². The molecule has 2 N–H and O–H groups in total. The van der Waals surface area contributed by atoms with E-state index in [0.29, 0.717) is 18.5 Å². The SMILES string of the molecule is CC.CCC.CCN(CC)CCC(=O)NC1CCC(NC)CC1.[HH].[HH]. The second kappa shape index (κ2) is 17.7. The first kappa shape index (κ1) is 24.6. The van der Waals surface area contributed by atoms with E-state index in [0.717, 1.165) is 32.5 Å². The molecule has 0 unspecified atom stereocenters. The van der Waals surface area contributed by atoms with Crippen LogP contribution in [0.4, 0.5) is 0 Å². The summed E-state index contributed by atoms with van der Waals surface area (Å²) in [5.74, 6) is 0.217. The largest absolute Gasteiger partial charge is 0.353 e. The summed E-state index contributed by atoms with van der Waals surface area (Å²) in [6, 6.07) is 1.05. The summed E-state index contributed by atoms with van der Waals surface area (Å²) in [7, 11) is 2.02. The van der Waals surface area contributed by atoms with Gasteiger partial charge in [0.05, 0.1) is 0 Å². The quantitative estimate of drug-likeness (QED) is 0.730. The van der Waals surface area contributed by atoms with E-state index in [2.05, 4.69) is 43.2 Å². The van der Waals surface area contributed by atoms with Gasteiger partial charge in [0.1, 0.15) is 0 Å². The van der Waals surface area contributed by atoms with E-state index in [9.17, 15) is 4.79 Å². The lowest BCUT2D eigenvalue weighted by Gasteiger charge is -2.29. The van der Waals surface area contributed by atoms with Crippen molar-refractivity contribution in [3.05, 3.63) is 0 Å². The van der Waals surface area contributed by atoms with Gasteiger partial charge in [-0.1, -0.05) is 48.0 Å². The van der Waals surface area contributed by atoms with E-state index in [1.165, 1.54) is 19.3 Å². The van der Waals surface area contributed by atoms with Gasteiger partial charge in [-0.15, -0.1) is 0 Å². The Hall–Kier alpha value is -0.610. The molecule has 4 heteroatoms. The lowest BCUT2D eigenvalue weighted by molar-refractivity contribution is -0.122. The van der Waals surface area contributed by atoms with E-state index in [1.54, 1.807) is 0 Å². The predicted molar refractivity (Wildman–Crippen MR) is 107 cm³/mol. The lowest BCUT2D eigenvalue weighted by atomic mass is 9.91. The van der Waals surface area contributed by atoms with Crippen LogP contribution in [0.15, 0.2) is 0 Å². The zero-order chi connectivity index (χ0) is 18.1. The van der Waals surface area contributed by atoms with Crippen LogP contribution in [0.5, 0.6) is 0 Å². The van der Waals surface area contributed by atoms with Crippen LogP contribution < -0.4 is 10.6 Å². The molecule has 1 amide bonds. The number of nitrogens with one attached hydrogen (secondary N) is 2. The van der Waals surface area contributed by atoms with E-state index < -0.39 is 0 Å². The van der Waals surface area contributed by atoms with Gasteiger partial charge in [-0.3, -0.25) is 4.79 Å². The minimum Gasteiger partial charge on any atom is -0.353 e. The van der Waals surface area contributed by atoms with Crippen LogP contribution in [0.2, 0.25) is 0 Å². The Balaban J connectivity index is -0.000000284. The molecule has 0 heterocycles. The minimum absolute atomic E-state index is 0. The molecule has 0 aliphatic heterocycles. The van der Waals surface area contributed by atoms with Crippen LogP contribution in [-0.4, -0.2) is 49.6 Å². The maximum atomic E-state index is 11.8. The van der Waals surface area contributed by atoms with E-state index in [1.807, 2.05) is 20.9 Å². The van der Waals surface area contributed by atoms with Crippen molar-refractivity contribution in [2.24, 2.45) is 0 Å². The van der Waals surface area contributed by atoms with Crippen molar-refractivity contribution in [3.8, 4) is 0 Å². The molecule has 0 radical (unpaired) electrons. The molecule has 0 aromatic heterocycles. The Kier molecular flexibility index (Phi) is 19.0. The number of hydrogen-bond donors (Lipinski definition) is 2. The molecule has 0 bridgehead atoms. The fraction of sp³-hybridized carbons (Fsp3) is 0.947. The van der Waals surface area contributed by atoms with Crippen LogP contribution in [0.25, 0.3) is 0 Å². The molecule has 0 spiro atoms. The Labute approximate surface area is 148 Å². The highest BCUT2D eigenvalue weighted by Crippen LogP contribution is 2.18. The third-order valence-corrected chi connectivity index (χ3v) is 4.05. The maximum absolute atomic E-state index is 11.8. The van der Waals surface area contributed by atoms with Gasteiger partial charge in [-0.2, -0.15) is 0 Å². The molecular weight excluding hydrogens is 286 g/mol. The molecule has 144 valence electrons. The molecular formula is C19H47N3O. The summed E-state index contributed by atoms with van der Waals surface area (Å²) in [4.78, 5) is 14.1. The lowest BCUT2D eigenvalue weighted by Crippen LogP contribution is -2.42. The number of amides is 1. The Morgan fingerprint density at radius 1 is 1.00 bits per heavy atom. The molecule has 1 aliphatic rings. The molecule has 0 aromatic rings. The average Bonchev–Trinajstić information content (AvgIpc) is 2.59. The highest BCUT2D eigenvalue weighted by Gasteiger charge is 2.21. The summed E-state index contributed by atoms with van der Waals surface area (Å²) in [5, 5.41) is 6.49. The van der Waals surface area contributed by atoms with Gasteiger partial charge in [0, 0.05) is 27.9 Å². The highest BCUT2D eigenvalue weighted by molar-refractivity contribution is 5.76. The molecule has 0 atom stereocenters. The molecule has 1 saturated carbocycles. The highest BCUT2D eigenvalue weighted by atomic mass is 16.1. The summed E-state index contributed by atoms with van der Waals surface area (Å²) >= 11 is 0. The number of nitrogens with zero attached hydrogens (tertiary/aromatic N) is 1. The van der Waals surface area contributed by atoms with Gasteiger partial charge >= 0.3 is 0 Å². The summed E-state index contributed by atoms with van der Waals surface area (Å²) in [5.41, 5.74) is 0. The predicted octanol–water partition coefficient (Wildman–Crippen LogP) is 4.30. The van der Waals surface area contributed by atoms with E-state index in [-0.39, 0.29) is 8.76 Å². The van der Waals surface area contributed by atoms with Crippen molar-refractivity contribution in [1.82, 2.24) is 15.5 Å². The fourth-order valence-corrected chi connectivity index (χ4v) is 2.63. The fourth-order valence-electron chi connectivity index (χ4n) is 2.63. The van der Waals surface area contributed by atoms with Crippen molar-refractivity contribution in [1.29, 1.82) is 0 Å². The molecule has 4 nitrogen and oxygen atoms in total. The van der Waals surface area contributed by atoms with Crippen molar-refractivity contribution in [2.45, 2.75) is 92.2 Å². The van der Waals surface area contributed by atoms with Crippen molar-refractivity contribution in [3.63, 3.8) is 0 Å². The number of rotatable bonds is 7. The second-order valence-corrected chi connectivity index (χ2v) is 5.89. The minimum atomic E-state index is 0. The molecule has 1 aliphatic carbocycles. The first-order valence-corrected chi connectivity index (χ1v) is 9.80. The Bertz CT molecular complexity index is 257. The molecule has 0 aromatic carbocycles. The van der Waals surface area contributed by atoms with Gasteiger partial charge in [-0.25, -0.2) is 0 Å². The standard InChI is InChI=1S/C14H29N3O.C3H8.C2H6.2H2/c1-4-17(5-2)11-10-14(18)16-13-8-6-12(15-3)7-9-13;1-3-2;1-2;;/h12-13,15H,4-11H2,1-3H3,(H,16,18);3H2,1-2H3;1-2H3;2*1H. The second-order valence-electron chi connectivity index (χ2n) is 5.89. The first-order valence-electron chi connectivity index (χ1n) is 9.80. The third kappa shape index (κ3) is 13.5. The van der Waals surface area contributed by atoms with Crippen molar-refractivity contribution in [2.75, 3.05) is 26.7 Å². The third-order valence-electron chi connectivity index (χ3n) is 4.05. The number of hydrogen-bond acceptors (Lipinski definition) is 3. The van der Waals surface area contributed by atoms with Gasteiger partial charge in [-0.05, 0) is 45.8 Å². The van der Waals surface area contributed by atoms with Crippen LogP contribution >= 0.6 is 0 Å². The molecule has 1 fully saturated rings. The summed E-state index contributed by atoms with van der Waals surface area (Å²) in [6.07, 6.45) is 6.47. The first-order chi connectivity index (χ1) is 11.1.